The predicted molar refractivity (Wildman–Crippen MR) is 55.3 cm³/mol. The molecule has 0 aliphatic carbocycles. The third-order valence-electron chi connectivity index (χ3n) is 1.60. The maximum absolute atomic E-state index is 11.3. The number of amidine groups is 2. The van der Waals surface area contributed by atoms with Crippen molar-refractivity contribution in [2.75, 3.05) is 20.2 Å². The summed E-state index contributed by atoms with van der Waals surface area (Å²) in [7, 11) is 1.44. The Morgan fingerprint density at radius 2 is 1.81 bits per heavy atom. The minimum absolute atomic E-state index is 0.0405. The molecule has 0 atom stereocenters. The highest BCUT2D eigenvalue weighted by atomic mass is 16.3. The summed E-state index contributed by atoms with van der Waals surface area (Å²) >= 11 is 0. The van der Waals surface area contributed by atoms with Crippen LogP contribution >= 0.6 is 0 Å². The Morgan fingerprint density at radius 3 is 2.25 bits per heavy atom. The fourth-order valence-corrected chi connectivity index (χ4v) is 0.842. The Labute approximate surface area is 91.0 Å². The maximum atomic E-state index is 11.3. The molecular formula is C7H12N6O3. The van der Waals surface area contributed by atoms with Crippen molar-refractivity contribution in [2.24, 2.45) is 10.2 Å². The van der Waals surface area contributed by atoms with Gasteiger partial charge in [0.05, 0.1) is 6.61 Å². The zero-order valence-corrected chi connectivity index (χ0v) is 8.57. The minimum atomic E-state index is -0.527. The lowest BCUT2D eigenvalue weighted by molar-refractivity contribution is -0.116. The van der Waals surface area contributed by atoms with Crippen molar-refractivity contribution < 1.29 is 14.7 Å². The summed E-state index contributed by atoms with van der Waals surface area (Å²) in [6, 6.07) is 0. The lowest BCUT2D eigenvalue weighted by Gasteiger charge is -2.13. The highest BCUT2D eigenvalue weighted by molar-refractivity contribution is 6.42. The van der Waals surface area contributed by atoms with Gasteiger partial charge in [-0.25, -0.2) is 0 Å². The molecule has 1 aliphatic rings. The smallest absolute Gasteiger partial charge is 0.290 e. The molecule has 9 nitrogen and oxygen atoms in total. The number of hydrazone groups is 2. The molecule has 1 aliphatic heterocycles. The van der Waals surface area contributed by atoms with E-state index in [0.717, 1.165) is 0 Å². The number of nitrogens with zero attached hydrogens (tertiary/aromatic N) is 2. The van der Waals surface area contributed by atoms with Crippen LogP contribution in [-0.4, -0.2) is 48.8 Å². The number of hydrogen-bond acceptors (Lipinski definition) is 7. The van der Waals surface area contributed by atoms with Crippen molar-refractivity contribution in [3.8, 4) is 0 Å². The van der Waals surface area contributed by atoms with Gasteiger partial charge in [-0.3, -0.25) is 20.4 Å². The number of carbonyl (C=O) groups is 2. The normalized spacial score (nSPS) is 13.9. The summed E-state index contributed by atoms with van der Waals surface area (Å²) in [6.45, 7) is -0.0508. The highest BCUT2D eigenvalue weighted by Crippen LogP contribution is 1.84. The van der Waals surface area contributed by atoms with Gasteiger partial charge in [0.2, 0.25) is 11.7 Å². The molecule has 0 aromatic heterocycles. The molecule has 0 radical (unpaired) electrons. The monoisotopic (exact) mass is 228 g/mol. The summed E-state index contributed by atoms with van der Waals surface area (Å²) in [5.41, 5.74) is 4.63. The summed E-state index contributed by atoms with van der Waals surface area (Å²) in [6.07, 6.45) is 0. The molecule has 2 amide bonds. The molecule has 0 saturated heterocycles. The number of likely N-dealkylation sites (N-methyl/N-ethyl adjacent to an activating group) is 1. The molecule has 0 saturated carbocycles. The number of hydrogen-bond donors (Lipinski definition) is 5. The molecule has 9 heteroatoms. The van der Waals surface area contributed by atoms with E-state index in [1.54, 1.807) is 0 Å². The lowest BCUT2D eigenvalue weighted by atomic mass is 10.5. The molecule has 1 heterocycles. The van der Waals surface area contributed by atoms with Crippen LogP contribution in [0.3, 0.4) is 0 Å². The molecule has 5 N–H and O–H groups in total. The molecular weight excluding hydrogens is 216 g/mol. The van der Waals surface area contributed by atoms with Crippen LogP contribution in [0, 0.1) is 0 Å². The summed E-state index contributed by atoms with van der Waals surface area (Å²) < 4.78 is 0. The number of rotatable bonds is 4. The Bertz CT molecular complexity index is 350. The van der Waals surface area contributed by atoms with Crippen LogP contribution in [0.15, 0.2) is 10.2 Å². The SMILES string of the molecule is CNC(=O)C1=NNC(C(=O)NCCO)=NN1. The minimum Gasteiger partial charge on any atom is -0.395 e. The molecule has 0 aromatic rings. The second-order valence-corrected chi connectivity index (χ2v) is 2.70. The first-order chi connectivity index (χ1) is 7.69. The van der Waals surface area contributed by atoms with E-state index in [1.807, 2.05) is 0 Å². The predicted octanol–water partition coefficient (Wildman–Crippen LogP) is -3.34. The fourth-order valence-electron chi connectivity index (χ4n) is 0.842. The number of aliphatic hydroxyl groups is 1. The van der Waals surface area contributed by atoms with Gasteiger partial charge in [0.15, 0.2) is 0 Å². The summed E-state index contributed by atoms with van der Waals surface area (Å²) in [5.74, 6) is -1.10. The van der Waals surface area contributed by atoms with Crippen molar-refractivity contribution in [3.63, 3.8) is 0 Å². The Morgan fingerprint density at radius 1 is 1.25 bits per heavy atom. The molecule has 1 rings (SSSR count). The van der Waals surface area contributed by atoms with Crippen molar-refractivity contribution in [1.29, 1.82) is 0 Å². The molecule has 0 unspecified atom stereocenters. The van der Waals surface area contributed by atoms with Crippen LogP contribution in [0.4, 0.5) is 0 Å². The van der Waals surface area contributed by atoms with Crippen molar-refractivity contribution in [1.82, 2.24) is 21.5 Å². The molecule has 0 spiro atoms. The fraction of sp³-hybridized carbons (Fsp3) is 0.429. The molecule has 88 valence electrons. The standard InChI is InChI=1S/C7H12N6O3/c1-8-6(15)4-10-12-5(13-11-4)7(16)9-2-3-14/h14H,2-3H2,1H3,(H,8,15)(H,9,16)(H,10,11)(H,12,13). The first kappa shape index (κ1) is 11.9. The zero-order chi connectivity index (χ0) is 12.0. The highest BCUT2D eigenvalue weighted by Gasteiger charge is 2.18. The van der Waals surface area contributed by atoms with Crippen LogP contribution in [0.1, 0.15) is 0 Å². The van der Waals surface area contributed by atoms with E-state index in [-0.39, 0.29) is 24.8 Å². The van der Waals surface area contributed by atoms with Crippen molar-refractivity contribution in [2.45, 2.75) is 0 Å². The molecule has 0 fully saturated rings. The van der Waals surface area contributed by atoms with Gasteiger partial charge < -0.3 is 15.7 Å². The zero-order valence-electron chi connectivity index (χ0n) is 8.57. The number of nitrogens with one attached hydrogen (secondary N) is 4. The van der Waals surface area contributed by atoms with Crippen LogP contribution in [0.2, 0.25) is 0 Å². The van der Waals surface area contributed by atoms with Gasteiger partial charge in [-0.05, 0) is 0 Å². The van der Waals surface area contributed by atoms with Gasteiger partial charge in [0.25, 0.3) is 11.8 Å². The van der Waals surface area contributed by atoms with Gasteiger partial charge >= 0.3 is 0 Å². The van der Waals surface area contributed by atoms with Crippen LogP contribution in [0.5, 0.6) is 0 Å². The lowest BCUT2D eigenvalue weighted by Crippen LogP contribution is -2.47. The van der Waals surface area contributed by atoms with E-state index in [0.29, 0.717) is 0 Å². The van der Waals surface area contributed by atoms with E-state index >= 15 is 0 Å². The third kappa shape index (κ3) is 2.92. The van der Waals surface area contributed by atoms with Gasteiger partial charge in [0, 0.05) is 13.6 Å². The van der Waals surface area contributed by atoms with Gasteiger partial charge in [-0.2, -0.15) is 0 Å². The summed E-state index contributed by atoms with van der Waals surface area (Å²) in [4.78, 5) is 22.3. The maximum Gasteiger partial charge on any atom is 0.290 e. The largest absolute Gasteiger partial charge is 0.395 e. The second-order valence-electron chi connectivity index (χ2n) is 2.70. The van der Waals surface area contributed by atoms with E-state index in [1.165, 1.54) is 7.05 Å². The number of amides is 2. The molecule has 16 heavy (non-hydrogen) atoms. The first-order valence-corrected chi connectivity index (χ1v) is 4.47. The Balaban J connectivity index is 2.49. The van der Waals surface area contributed by atoms with E-state index in [2.05, 4.69) is 31.7 Å². The Kier molecular flexibility index (Phi) is 4.21. The van der Waals surface area contributed by atoms with Crippen LogP contribution in [-0.2, 0) is 9.59 Å². The average Bonchev–Trinajstić information content (AvgIpc) is 2.35. The van der Waals surface area contributed by atoms with Crippen molar-refractivity contribution >= 4 is 23.5 Å². The van der Waals surface area contributed by atoms with Crippen LogP contribution < -0.4 is 21.5 Å². The van der Waals surface area contributed by atoms with Crippen molar-refractivity contribution in [3.05, 3.63) is 0 Å². The van der Waals surface area contributed by atoms with E-state index in [9.17, 15) is 9.59 Å². The first-order valence-electron chi connectivity index (χ1n) is 4.47. The quantitative estimate of drug-likeness (QED) is 0.344. The van der Waals surface area contributed by atoms with Crippen LogP contribution in [0.25, 0.3) is 0 Å². The summed E-state index contributed by atoms with van der Waals surface area (Å²) in [5, 5.41) is 20.4. The van der Waals surface area contributed by atoms with Gasteiger partial charge in [-0.1, -0.05) is 0 Å². The topological polar surface area (TPSA) is 127 Å². The molecule has 0 aromatic carbocycles. The van der Waals surface area contributed by atoms with E-state index < -0.39 is 11.8 Å². The molecule has 0 bridgehead atoms. The van der Waals surface area contributed by atoms with E-state index in [4.69, 9.17) is 5.11 Å². The number of aliphatic hydroxyl groups excluding tert-OH is 1. The number of carbonyl (C=O) groups excluding carboxylic acids is 2. The average molecular weight is 228 g/mol. The van der Waals surface area contributed by atoms with Gasteiger partial charge in [-0.15, -0.1) is 10.2 Å². The van der Waals surface area contributed by atoms with Gasteiger partial charge in [0.1, 0.15) is 0 Å². The second kappa shape index (κ2) is 5.66. The third-order valence-corrected chi connectivity index (χ3v) is 1.60. The Hall–Kier alpha value is -2.16.